The Labute approximate surface area is 255 Å². The van der Waals surface area contributed by atoms with Crippen LogP contribution < -0.4 is 10.4 Å². The maximum Gasteiger partial charge on any atom is -0.00130 e. The molecular weight excluding hydrogens is 528 g/mol. The maximum absolute atomic E-state index is 2.53. The van der Waals surface area contributed by atoms with Gasteiger partial charge in [-0.2, -0.15) is 0 Å². The van der Waals surface area contributed by atoms with Crippen molar-refractivity contribution in [3.63, 3.8) is 0 Å². The Kier molecular flexibility index (Phi) is 4.36. The Balaban J connectivity index is 1.14. The van der Waals surface area contributed by atoms with Crippen LogP contribution in [0.2, 0.25) is 0 Å². The van der Waals surface area contributed by atoms with Crippen LogP contribution in [0.3, 0.4) is 0 Å². The lowest BCUT2D eigenvalue weighted by Crippen LogP contribution is -2.28. The van der Waals surface area contributed by atoms with Gasteiger partial charge in [0.15, 0.2) is 0 Å². The van der Waals surface area contributed by atoms with Gasteiger partial charge in [0.25, 0.3) is 0 Å². The summed E-state index contributed by atoms with van der Waals surface area (Å²) >= 11 is 0. The quantitative estimate of drug-likeness (QED) is 0.163. The molecule has 44 heavy (non-hydrogen) atoms. The average molecular weight is 557 g/mol. The molecule has 0 spiro atoms. The summed E-state index contributed by atoms with van der Waals surface area (Å²) in [7, 11) is 0. The van der Waals surface area contributed by atoms with Gasteiger partial charge >= 0.3 is 0 Å². The van der Waals surface area contributed by atoms with E-state index in [0.29, 0.717) is 0 Å². The normalized spacial score (nSPS) is 14.4. The molecule has 0 nitrogen and oxygen atoms in total. The smallest absolute Gasteiger partial charge is 0.00130 e. The first kappa shape index (κ1) is 23.3. The SMILES string of the molecule is C1=c2c(c3cc4c(cc3c3ccccc23)Cc2cc3c(cc2-4)Cc2cc4c5ccccc5c5ccccc5c4cc2-3)=CCC1. The second kappa shape index (κ2) is 8.24. The minimum Gasteiger partial charge on any atom is -0.0757 e. The monoisotopic (exact) mass is 556 g/mol. The third kappa shape index (κ3) is 2.93. The molecule has 3 aliphatic rings. The molecule has 0 saturated heterocycles. The molecule has 0 atom stereocenters. The first-order valence-electron chi connectivity index (χ1n) is 16.0. The molecule has 11 rings (SSSR count). The highest BCUT2D eigenvalue weighted by atomic mass is 14.3. The van der Waals surface area contributed by atoms with Gasteiger partial charge in [0.2, 0.25) is 0 Å². The van der Waals surface area contributed by atoms with Crippen molar-refractivity contribution >= 4 is 66.0 Å². The molecule has 0 unspecified atom stereocenters. The maximum atomic E-state index is 2.53. The summed E-state index contributed by atoms with van der Waals surface area (Å²) in [6.45, 7) is 0. The zero-order chi connectivity index (χ0) is 28.5. The van der Waals surface area contributed by atoms with Gasteiger partial charge in [0.05, 0.1) is 0 Å². The molecule has 0 bridgehead atoms. The molecule has 0 saturated carbocycles. The summed E-state index contributed by atoms with van der Waals surface area (Å²) < 4.78 is 0. The Morgan fingerprint density at radius 2 is 0.636 bits per heavy atom. The number of rotatable bonds is 0. The van der Waals surface area contributed by atoms with Crippen LogP contribution in [0.15, 0.2) is 109 Å². The number of hydrogen-bond acceptors (Lipinski definition) is 0. The fraction of sp³-hybridized carbons (Fsp3) is 0.0909. The lowest BCUT2D eigenvalue weighted by atomic mass is 9.91. The molecule has 204 valence electrons. The van der Waals surface area contributed by atoms with Crippen LogP contribution in [0.5, 0.6) is 0 Å². The molecule has 0 fully saturated rings. The van der Waals surface area contributed by atoms with Crippen LogP contribution in [-0.4, -0.2) is 0 Å². The summed E-state index contributed by atoms with van der Waals surface area (Å²) in [6, 6.07) is 42.0. The highest BCUT2D eigenvalue weighted by Crippen LogP contribution is 2.48. The summed E-state index contributed by atoms with van der Waals surface area (Å²) in [4.78, 5) is 0. The van der Waals surface area contributed by atoms with Crippen molar-refractivity contribution in [2.75, 3.05) is 0 Å². The molecule has 3 aliphatic carbocycles. The molecule has 8 aromatic carbocycles. The van der Waals surface area contributed by atoms with Crippen LogP contribution >= 0.6 is 0 Å². The summed E-state index contributed by atoms with van der Waals surface area (Å²) in [6.07, 6.45) is 9.19. The van der Waals surface area contributed by atoms with E-state index in [4.69, 9.17) is 0 Å². The highest BCUT2D eigenvalue weighted by Gasteiger charge is 2.27. The summed E-state index contributed by atoms with van der Waals surface area (Å²) in [5.74, 6) is 0. The minimum atomic E-state index is 1.00. The van der Waals surface area contributed by atoms with Gasteiger partial charge in [-0.05, 0) is 171 Å². The average Bonchev–Trinajstić information content (AvgIpc) is 3.62. The van der Waals surface area contributed by atoms with Gasteiger partial charge in [-0.1, -0.05) is 84.9 Å². The molecule has 0 radical (unpaired) electrons. The van der Waals surface area contributed by atoms with Crippen LogP contribution in [-0.2, 0) is 12.8 Å². The van der Waals surface area contributed by atoms with E-state index in [0.717, 1.165) is 25.7 Å². The molecule has 0 aromatic heterocycles. The third-order valence-corrected chi connectivity index (χ3v) is 10.8. The predicted octanol–water partition coefficient (Wildman–Crippen LogP) is 9.95. The standard InChI is InChI=1S/C44H28/c1-5-13-33-29(9-1)31-11-3-7-15-35(31)43-23-39-27(21-41(33)43)17-25-19-38-26(20-37(25)39)18-28-22-42-34-14-6-2-10-30(34)32-12-4-8-16-36(32)44(42)24-40(28)38/h1-3,5-7,9-16,19-24H,4,8,17-18H2. The van der Waals surface area contributed by atoms with Crippen molar-refractivity contribution in [1.29, 1.82) is 0 Å². The van der Waals surface area contributed by atoms with E-state index in [-0.39, 0.29) is 0 Å². The number of hydrogen-bond donors (Lipinski definition) is 0. The molecule has 0 amide bonds. The van der Waals surface area contributed by atoms with E-state index in [9.17, 15) is 0 Å². The second-order valence-electron chi connectivity index (χ2n) is 13.1. The Morgan fingerprint density at radius 1 is 0.295 bits per heavy atom. The van der Waals surface area contributed by atoms with Crippen molar-refractivity contribution in [3.05, 3.63) is 142 Å². The van der Waals surface area contributed by atoms with Crippen molar-refractivity contribution in [1.82, 2.24) is 0 Å². The Hall–Kier alpha value is -5.20. The van der Waals surface area contributed by atoms with Crippen LogP contribution in [0, 0.1) is 0 Å². The third-order valence-electron chi connectivity index (χ3n) is 10.8. The second-order valence-corrected chi connectivity index (χ2v) is 13.1. The lowest BCUT2D eigenvalue weighted by Gasteiger charge is -2.13. The zero-order valence-corrected chi connectivity index (χ0v) is 24.4. The molecule has 0 heteroatoms. The predicted molar refractivity (Wildman–Crippen MR) is 188 cm³/mol. The number of fused-ring (bicyclic) bond motifs is 18. The first-order chi connectivity index (χ1) is 21.8. The van der Waals surface area contributed by atoms with E-state index < -0.39 is 0 Å². The van der Waals surface area contributed by atoms with Gasteiger partial charge in [0.1, 0.15) is 0 Å². The van der Waals surface area contributed by atoms with Gasteiger partial charge in [0, 0.05) is 0 Å². The van der Waals surface area contributed by atoms with E-state index >= 15 is 0 Å². The van der Waals surface area contributed by atoms with E-state index in [1.165, 1.54) is 109 Å². The van der Waals surface area contributed by atoms with Crippen LogP contribution in [0.4, 0.5) is 0 Å². The van der Waals surface area contributed by atoms with Crippen LogP contribution in [0.25, 0.3) is 88.3 Å². The molecule has 0 heterocycles. The van der Waals surface area contributed by atoms with Gasteiger partial charge in [-0.15, -0.1) is 0 Å². The molecule has 0 aliphatic heterocycles. The van der Waals surface area contributed by atoms with E-state index in [1.54, 1.807) is 0 Å². The van der Waals surface area contributed by atoms with Crippen molar-refractivity contribution in [2.45, 2.75) is 25.7 Å². The summed E-state index contributed by atoms with van der Waals surface area (Å²) in [5.41, 5.74) is 11.6. The molecule has 8 aromatic rings. The first-order valence-corrected chi connectivity index (χ1v) is 16.0. The van der Waals surface area contributed by atoms with Gasteiger partial charge < -0.3 is 0 Å². The topological polar surface area (TPSA) is 0 Å². The van der Waals surface area contributed by atoms with Gasteiger partial charge in [-0.25, -0.2) is 0 Å². The Morgan fingerprint density at radius 3 is 1.18 bits per heavy atom. The van der Waals surface area contributed by atoms with Crippen molar-refractivity contribution in [3.8, 4) is 22.3 Å². The molecule has 0 N–H and O–H groups in total. The van der Waals surface area contributed by atoms with E-state index in [1.807, 2.05) is 0 Å². The minimum absolute atomic E-state index is 1.00. The van der Waals surface area contributed by atoms with Gasteiger partial charge in [-0.3, -0.25) is 0 Å². The summed E-state index contributed by atoms with van der Waals surface area (Å²) in [5, 5.41) is 16.6. The van der Waals surface area contributed by atoms with E-state index in [2.05, 4.69) is 121 Å². The number of benzene rings is 8. The highest BCUT2D eigenvalue weighted by molar-refractivity contribution is 6.26. The fourth-order valence-corrected chi connectivity index (χ4v) is 8.91. The zero-order valence-electron chi connectivity index (χ0n) is 24.4. The lowest BCUT2D eigenvalue weighted by molar-refractivity contribution is 1.13. The van der Waals surface area contributed by atoms with Crippen molar-refractivity contribution < 1.29 is 0 Å². The Bertz CT molecular complexity index is 2760. The van der Waals surface area contributed by atoms with Crippen molar-refractivity contribution in [2.24, 2.45) is 0 Å². The fourth-order valence-electron chi connectivity index (χ4n) is 8.91. The van der Waals surface area contributed by atoms with Crippen LogP contribution in [0.1, 0.15) is 35.1 Å². The molecular formula is C44H28. The largest absolute Gasteiger partial charge is 0.0757 e.